The fourth-order valence-corrected chi connectivity index (χ4v) is 4.79. The molecular formula is C29H28F3N7O2. The predicted molar refractivity (Wildman–Crippen MR) is 152 cm³/mol. The van der Waals surface area contributed by atoms with E-state index in [1.165, 1.54) is 0 Å². The molecular weight excluding hydrogens is 535 g/mol. The molecule has 9 nitrogen and oxygen atoms in total. The number of fused-ring (bicyclic) bond motifs is 1. The van der Waals surface area contributed by atoms with Crippen LogP contribution in [-0.2, 0) is 7.05 Å². The Hall–Kier alpha value is -4.71. The number of carbonyl (C=O) groups excluding carboxylic acids is 1. The van der Waals surface area contributed by atoms with Crippen LogP contribution in [0, 0.1) is 0 Å². The molecule has 3 heterocycles. The summed E-state index contributed by atoms with van der Waals surface area (Å²) in [6.07, 6.45) is -1.96. The molecule has 1 saturated heterocycles. The molecule has 1 aliphatic rings. The lowest BCUT2D eigenvalue weighted by Gasteiger charge is -2.25. The quantitative estimate of drug-likeness (QED) is 0.214. The molecule has 2 aromatic carbocycles. The van der Waals surface area contributed by atoms with Crippen LogP contribution in [0.25, 0.3) is 27.9 Å². The van der Waals surface area contributed by atoms with Crippen molar-refractivity contribution in [2.45, 2.75) is 25.1 Å². The summed E-state index contributed by atoms with van der Waals surface area (Å²) in [5.74, 6) is 0.471. The number of aromatic nitrogens is 3. The van der Waals surface area contributed by atoms with Gasteiger partial charge < -0.3 is 19.9 Å². The molecule has 0 aliphatic carbocycles. The molecule has 1 aliphatic heterocycles. The normalized spacial score (nSPS) is 17.6. The van der Waals surface area contributed by atoms with Crippen molar-refractivity contribution < 1.29 is 23.1 Å². The number of likely N-dealkylation sites (tertiary alicyclic amines) is 1. The fraction of sp³-hybridized carbons (Fsp3) is 0.241. The third kappa shape index (κ3) is 5.50. The Morgan fingerprint density at radius 3 is 2.61 bits per heavy atom. The number of halogens is 3. The van der Waals surface area contributed by atoms with Gasteiger partial charge in [-0.3, -0.25) is 10.2 Å². The number of benzene rings is 2. The zero-order chi connectivity index (χ0) is 29.4. The van der Waals surface area contributed by atoms with Gasteiger partial charge in [-0.25, -0.2) is 9.97 Å². The van der Waals surface area contributed by atoms with E-state index in [0.717, 1.165) is 27.1 Å². The molecule has 12 heteroatoms. The maximum absolute atomic E-state index is 13.3. The molecule has 1 atom stereocenters. The Morgan fingerprint density at radius 2 is 1.93 bits per heavy atom. The number of alkyl halides is 3. The summed E-state index contributed by atoms with van der Waals surface area (Å²) in [5.41, 5.74) is 4.30. The van der Waals surface area contributed by atoms with Crippen LogP contribution < -0.4 is 10.7 Å². The molecule has 0 bridgehead atoms. The molecule has 0 radical (unpaired) electrons. The Kier molecular flexibility index (Phi) is 7.26. The van der Waals surface area contributed by atoms with Crippen molar-refractivity contribution in [3.63, 3.8) is 0 Å². The first kappa shape index (κ1) is 27.8. The van der Waals surface area contributed by atoms with Gasteiger partial charge in [0.2, 0.25) is 0 Å². The van der Waals surface area contributed by atoms with Crippen molar-refractivity contribution in [3.05, 3.63) is 78.3 Å². The van der Waals surface area contributed by atoms with Crippen molar-refractivity contribution in [1.82, 2.24) is 24.9 Å². The van der Waals surface area contributed by atoms with E-state index in [9.17, 15) is 23.1 Å². The van der Waals surface area contributed by atoms with E-state index >= 15 is 0 Å². The number of aliphatic hydroxyl groups is 1. The second kappa shape index (κ2) is 10.7. The molecule has 1 unspecified atom stereocenters. The lowest BCUT2D eigenvalue weighted by atomic mass is 10.0. The number of allylic oxidation sites excluding steroid dienone is 1. The van der Waals surface area contributed by atoms with Gasteiger partial charge in [-0.1, -0.05) is 24.3 Å². The number of aryl methyl sites for hydroxylation is 1. The van der Waals surface area contributed by atoms with Crippen LogP contribution in [0.3, 0.4) is 0 Å². The number of anilines is 2. The van der Waals surface area contributed by atoms with Gasteiger partial charge in [0.1, 0.15) is 11.5 Å². The summed E-state index contributed by atoms with van der Waals surface area (Å²) in [6.45, 7) is 4.37. The Bertz CT molecular complexity index is 1650. The topological polar surface area (TPSA) is 108 Å². The van der Waals surface area contributed by atoms with E-state index in [2.05, 4.69) is 32.5 Å². The van der Waals surface area contributed by atoms with Crippen molar-refractivity contribution in [2.75, 3.05) is 18.4 Å². The SMILES string of the molecule is C=NN/C=C(\C)c1ccc(Nc2ccnc(-c3ccc4cc(C(=O)N5CCC(O)(C(F)(F)F)C5)n(C)c4c3)n2)cc1. The molecule has 1 amide bonds. The highest BCUT2D eigenvalue weighted by molar-refractivity contribution is 5.99. The summed E-state index contributed by atoms with van der Waals surface area (Å²) in [6, 6.07) is 16.6. The van der Waals surface area contributed by atoms with E-state index in [1.54, 1.807) is 36.1 Å². The number of β-amino-alcohol motifs (C(OH)–C–C–N with tert-alkyl or cyclic N) is 1. The molecule has 41 heavy (non-hydrogen) atoms. The molecule has 0 spiro atoms. The number of nitrogens with one attached hydrogen (secondary N) is 2. The van der Waals surface area contributed by atoms with Gasteiger partial charge in [0.05, 0.1) is 6.54 Å². The van der Waals surface area contributed by atoms with E-state index in [1.807, 2.05) is 49.4 Å². The minimum atomic E-state index is -4.81. The van der Waals surface area contributed by atoms with Gasteiger partial charge in [0, 0.05) is 61.3 Å². The van der Waals surface area contributed by atoms with Gasteiger partial charge >= 0.3 is 6.18 Å². The van der Waals surface area contributed by atoms with Gasteiger partial charge in [-0.2, -0.15) is 18.3 Å². The first-order chi connectivity index (χ1) is 19.5. The van der Waals surface area contributed by atoms with Crippen LogP contribution in [0.5, 0.6) is 0 Å². The van der Waals surface area contributed by atoms with Crippen LogP contribution >= 0.6 is 0 Å². The third-order valence-electron chi connectivity index (χ3n) is 7.23. The largest absolute Gasteiger partial charge is 0.419 e. The third-order valence-corrected chi connectivity index (χ3v) is 7.23. The molecule has 3 N–H and O–H groups in total. The Labute approximate surface area is 234 Å². The monoisotopic (exact) mass is 563 g/mol. The second-order valence-electron chi connectivity index (χ2n) is 9.95. The number of carbonyl (C=O) groups is 1. The van der Waals surface area contributed by atoms with E-state index < -0.39 is 30.7 Å². The number of rotatable bonds is 7. The average Bonchev–Trinajstić information content (AvgIpc) is 3.52. The van der Waals surface area contributed by atoms with Crippen LogP contribution in [0.1, 0.15) is 29.4 Å². The molecule has 212 valence electrons. The summed E-state index contributed by atoms with van der Waals surface area (Å²) in [4.78, 5) is 23.2. The molecule has 2 aromatic heterocycles. The van der Waals surface area contributed by atoms with E-state index in [-0.39, 0.29) is 12.2 Å². The smallest absolute Gasteiger partial charge is 0.379 e. The predicted octanol–water partition coefficient (Wildman–Crippen LogP) is 5.08. The highest BCUT2D eigenvalue weighted by Gasteiger charge is 2.58. The zero-order valence-electron chi connectivity index (χ0n) is 22.4. The van der Waals surface area contributed by atoms with E-state index in [4.69, 9.17) is 0 Å². The summed E-state index contributed by atoms with van der Waals surface area (Å²) < 4.78 is 41.4. The first-order valence-corrected chi connectivity index (χ1v) is 12.8. The highest BCUT2D eigenvalue weighted by Crippen LogP contribution is 2.38. The van der Waals surface area contributed by atoms with Crippen molar-refractivity contribution in [2.24, 2.45) is 12.1 Å². The number of nitrogens with zero attached hydrogens (tertiary/aromatic N) is 5. The minimum Gasteiger partial charge on any atom is -0.379 e. The van der Waals surface area contributed by atoms with Crippen LogP contribution in [0.15, 0.2) is 72.1 Å². The molecule has 5 rings (SSSR count). The van der Waals surface area contributed by atoms with Gasteiger partial charge in [-0.15, -0.1) is 0 Å². The van der Waals surface area contributed by atoms with Crippen molar-refractivity contribution in [1.29, 1.82) is 0 Å². The fourth-order valence-electron chi connectivity index (χ4n) is 4.79. The number of hydrogen-bond acceptors (Lipinski definition) is 7. The maximum atomic E-state index is 13.3. The summed E-state index contributed by atoms with van der Waals surface area (Å²) in [7, 11) is 1.68. The summed E-state index contributed by atoms with van der Waals surface area (Å²) >= 11 is 0. The summed E-state index contributed by atoms with van der Waals surface area (Å²) in [5, 5.41) is 17.6. The Morgan fingerprint density at radius 1 is 1.17 bits per heavy atom. The minimum absolute atomic E-state index is 0.182. The Balaban J connectivity index is 1.35. The van der Waals surface area contributed by atoms with Crippen molar-refractivity contribution >= 4 is 40.6 Å². The van der Waals surface area contributed by atoms with Crippen LogP contribution in [0.4, 0.5) is 24.7 Å². The number of hydrogen-bond donors (Lipinski definition) is 3. The number of amides is 1. The van der Waals surface area contributed by atoms with E-state index in [0.29, 0.717) is 22.7 Å². The first-order valence-electron chi connectivity index (χ1n) is 12.8. The zero-order valence-corrected chi connectivity index (χ0v) is 22.4. The second-order valence-corrected chi connectivity index (χ2v) is 9.95. The van der Waals surface area contributed by atoms with Gasteiger partial charge in [0.25, 0.3) is 5.91 Å². The maximum Gasteiger partial charge on any atom is 0.419 e. The number of hydrazone groups is 1. The molecule has 1 fully saturated rings. The average molecular weight is 564 g/mol. The van der Waals surface area contributed by atoms with Gasteiger partial charge in [-0.05, 0) is 48.4 Å². The molecule has 4 aromatic rings. The van der Waals surface area contributed by atoms with Crippen LogP contribution in [0.2, 0.25) is 0 Å². The van der Waals surface area contributed by atoms with Crippen molar-refractivity contribution in [3.8, 4) is 11.4 Å². The van der Waals surface area contributed by atoms with Gasteiger partial charge in [0.15, 0.2) is 11.4 Å². The van der Waals surface area contributed by atoms with Crippen LogP contribution in [-0.4, -0.2) is 62.0 Å². The highest BCUT2D eigenvalue weighted by atomic mass is 19.4. The standard InChI is InChI=1S/C29H28F3N7O2/c1-18(16-35-33-2)19-6-8-22(9-7-19)36-25-10-12-34-26(37-25)21-5-4-20-14-24(38(3)23(20)15-21)27(40)39-13-11-28(41,17-39)29(30,31)32/h4-10,12,14-16,35,41H,2,11,13,17H2,1,3H3,(H,34,36,37)/b18-16+. The lowest BCUT2D eigenvalue weighted by Crippen LogP contribution is -2.48. The lowest BCUT2D eigenvalue weighted by molar-refractivity contribution is -0.253. The molecule has 0 saturated carbocycles.